The lowest BCUT2D eigenvalue weighted by molar-refractivity contribution is 0.298. The Labute approximate surface area is 240 Å². The highest BCUT2D eigenvalue weighted by Crippen LogP contribution is 2.44. The van der Waals surface area contributed by atoms with Crippen molar-refractivity contribution < 1.29 is 4.55 Å². The molecule has 1 atom stereocenters. The molecule has 1 fully saturated rings. The fraction of sp³-hybridized carbons (Fsp3) is 0.370. The number of pyridine rings is 1. The van der Waals surface area contributed by atoms with Gasteiger partial charge < -0.3 is 14.0 Å². The standard InChI is InChI=1S/C27H29ClN8OS2/c1-26(2,3)39(37)33-24-19-6-4-12-35(19)18-27(24)8-14-34(15-9-27)21-16-31-22(17-30-21)38-20-7-11-29-25(23(20)28)36-13-5-10-32-36/h4-7,10-13,16-17H,8-9,14-15,18H2,1-3H3. The van der Waals surface area contributed by atoms with Crippen molar-refractivity contribution in [2.75, 3.05) is 18.0 Å². The Morgan fingerprint density at radius 2 is 1.87 bits per heavy atom. The van der Waals surface area contributed by atoms with Crippen LogP contribution < -0.4 is 4.90 Å². The molecule has 0 aromatic carbocycles. The molecule has 0 aliphatic carbocycles. The zero-order valence-corrected chi connectivity index (χ0v) is 24.4. The van der Waals surface area contributed by atoms with Gasteiger partial charge in [0.1, 0.15) is 32.7 Å². The number of anilines is 1. The Bertz CT molecular complexity index is 1490. The fourth-order valence-corrected chi connectivity index (χ4v) is 6.83. The van der Waals surface area contributed by atoms with E-state index >= 15 is 0 Å². The summed E-state index contributed by atoms with van der Waals surface area (Å²) in [6.45, 7) is 8.44. The van der Waals surface area contributed by atoms with E-state index in [9.17, 15) is 4.55 Å². The lowest BCUT2D eigenvalue weighted by atomic mass is 9.75. The summed E-state index contributed by atoms with van der Waals surface area (Å²) in [5.41, 5.74) is 1.97. The van der Waals surface area contributed by atoms with Crippen molar-refractivity contribution in [2.24, 2.45) is 9.81 Å². The van der Waals surface area contributed by atoms with Gasteiger partial charge in [-0.05, 0) is 57.9 Å². The maximum Gasteiger partial charge on any atom is 0.173 e. The molecule has 4 aromatic rings. The van der Waals surface area contributed by atoms with Gasteiger partial charge in [0.05, 0.1) is 23.1 Å². The molecule has 0 bridgehead atoms. The summed E-state index contributed by atoms with van der Waals surface area (Å²) in [6, 6.07) is 7.83. The van der Waals surface area contributed by atoms with Gasteiger partial charge in [-0.3, -0.25) is 0 Å². The summed E-state index contributed by atoms with van der Waals surface area (Å²) in [6.07, 6.45) is 12.7. The van der Waals surface area contributed by atoms with Crippen molar-refractivity contribution in [3.8, 4) is 5.82 Å². The fourth-order valence-electron chi connectivity index (χ4n) is 5.05. The van der Waals surface area contributed by atoms with Crippen LogP contribution in [0.2, 0.25) is 5.02 Å². The van der Waals surface area contributed by atoms with E-state index in [1.54, 1.807) is 23.3 Å². The number of nitrogens with zero attached hydrogens (tertiary/aromatic N) is 8. The van der Waals surface area contributed by atoms with Crippen molar-refractivity contribution in [1.29, 1.82) is 0 Å². The first-order valence-corrected chi connectivity index (χ1v) is 15.1. The molecule has 0 amide bonds. The summed E-state index contributed by atoms with van der Waals surface area (Å²) in [5.74, 6) is 1.42. The Kier molecular flexibility index (Phi) is 6.95. The van der Waals surface area contributed by atoms with Crippen LogP contribution in [-0.4, -0.2) is 57.4 Å². The predicted molar refractivity (Wildman–Crippen MR) is 155 cm³/mol. The van der Waals surface area contributed by atoms with Gasteiger partial charge >= 0.3 is 0 Å². The van der Waals surface area contributed by atoms with Crippen molar-refractivity contribution in [1.82, 2.24) is 29.3 Å². The topological polar surface area (TPSA) is 100 Å². The second-order valence-electron chi connectivity index (χ2n) is 10.8. The maximum atomic E-state index is 13.0. The second-order valence-corrected chi connectivity index (χ2v) is 14.1. The molecule has 2 aliphatic rings. The summed E-state index contributed by atoms with van der Waals surface area (Å²) in [5, 5.41) is 5.50. The van der Waals surface area contributed by atoms with Crippen molar-refractivity contribution in [3.63, 3.8) is 0 Å². The number of piperidine rings is 1. The van der Waals surface area contributed by atoms with Crippen LogP contribution in [0, 0.1) is 5.41 Å². The lowest BCUT2D eigenvalue weighted by Crippen LogP contribution is -2.44. The van der Waals surface area contributed by atoms with Crippen LogP contribution in [0.15, 0.2) is 75.8 Å². The van der Waals surface area contributed by atoms with E-state index in [2.05, 4.69) is 36.8 Å². The Morgan fingerprint density at radius 1 is 1.05 bits per heavy atom. The van der Waals surface area contributed by atoms with E-state index in [-0.39, 0.29) is 5.41 Å². The molecule has 39 heavy (non-hydrogen) atoms. The normalized spacial score (nSPS) is 18.6. The third-order valence-electron chi connectivity index (χ3n) is 7.18. The van der Waals surface area contributed by atoms with E-state index < -0.39 is 16.1 Å². The summed E-state index contributed by atoms with van der Waals surface area (Å²) < 4.78 is 21.3. The average Bonchev–Trinajstić information content (AvgIpc) is 3.66. The Hall–Kier alpha value is -2.86. The molecular weight excluding hydrogens is 552 g/mol. The number of hydrogen-bond acceptors (Lipinski definition) is 8. The van der Waals surface area contributed by atoms with Crippen LogP contribution in [0.4, 0.5) is 5.82 Å². The molecule has 1 unspecified atom stereocenters. The minimum Gasteiger partial charge on any atom is -0.591 e. The first-order valence-electron chi connectivity index (χ1n) is 12.8. The van der Waals surface area contributed by atoms with E-state index in [0.717, 1.165) is 59.6 Å². The molecule has 12 heteroatoms. The number of hydrogen-bond donors (Lipinski definition) is 0. The Morgan fingerprint density at radius 3 is 2.56 bits per heavy atom. The second kappa shape index (κ2) is 10.3. The van der Waals surface area contributed by atoms with E-state index in [1.165, 1.54) is 11.8 Å². The van der Waals surface area contributed by atoms with Crippen LogP contribution >= 0.6 is 23.4 Å². The van der Waals surface area contributed by atoms with Gasteiger partial charge in [0.2, 0.25) is 0 Å². The molecule has 1 spiro atoms. The van der Waals surface area contributed by atoms with Crippen molar-refractivity contribution in [3.05, 3.63) is 72.2 Å². The smallest absolute Gasteiger partial charge is 0.173 e. The molecule has 0 saturated carbocycles. The lowest BCUT2D eigenvalue weighted by Gasteiger charge is -2.39. The zero-order valence-electron chi connectivity index (χ0n) is 22.0. The molecule has 9 nitrogen and oxygen atoms in total. The minimum atomic E-state index is -1.30. The molecule has 2 aliphatic heterocycles. The van der Waals surface area contributed by atoms with Gasteiger partial charge in [-0.15, -0.1) is 0 Å². The predicted octanol–water partition coefficient (Wildman–Crippen LogP) is 5.22. The van der Waals surface area contributed by atoms with Crippen molar-refractivity contribution >= 4 is 46.3 Å². The third-order valence-corrected chi connectivity index (χ3v) is 10.0. The number of fused-ring (bicyclic) bond motifs is 1. The number of rotatable bonds is 5. The van der Waals surface area contributed by atoms with Gasteiger partial charge in [-0.25, -0.2) is 19.6 Å². The molecule has 202 valence electrons. The molecular formula is C27H29ClN8OS2. The highest BCUT2D eigenvalue weighted by Gasteiger charge is 2.48. The van der Waals surface area contributed by atoms with Crippen LogP contribution in [0.5, 0.6) is 0 Å². The van der Waals surface area contributed by atoms with Crippen LogP contribution in [0.1, 0.15) is 39.3 Å². The maximum absolute atomic E-state index is 13.0. The first kappa shape index (κ1) is 26.4. The van der Waals surface area contributed by atoms with Gasteiger partial charge in [-0.1, -0.05) is 27.8 Å². The van der Waals surface area contributed by atoms with Gasteiger partial charge in [-0.2, -0.15) is 5.10 Å². The first-order chi connectivity index (χ1) is 18.7. The molecule has 0 radical (unpaired) electrons. The molecule has 6 heterocycles. The van der Waals surface area contributed by atoms with Gasteiger partial charge in [0.15, 0.2) is 5.82 Å². The monoisotopic (exact) mass is 580 g/mol. The molecule has 4 aromatic heterocycles. The Balaban J connectivity index is 1.16. The summed E-state index contributed by atoms with van der Waals surface area (Å²) in [7, 11) is 0. The van der Waals surface area contributed by atoms with E-state index in [4.69, 9.17) is 21.0 Å². The van der Waals surface area contributed by atoms with Crippen LogP contribution in [0.3, 0.4) is 0 Å². The summed E-state index contributed by atoms with van der Waals surface area (Å²) >= 11 is 6.77. The largest absolute Gasteiger partial charge is 0.591 e. The highest BCUT2D eigenvalue weighted by molar-refractivity contribution is 7.99. The number of aromatic nitrogens is 6. The van der Waals surface area contributed by atoms with Crippen molar-refractivity contribution in [2.45, 2.75) is 54.8 Å². The average molecular weight is 581 g/mol. The van der Waals surface area contributed by atoms with Gasteiger partial charge in [0, 0.05) is 54.7 Å². The number of halogens is 1. The molecule has 1 saturated heterocycles. The third kappa shape index (κ3) is 5.08. The van der Waals surface area contributed by atoms with Crippen LogP contribution in [-0.2, 0) is 17.9 Å². The molecule has 6 rings (SSSR count). The molecule has 0 N–H and O–H groups in total. The van der Waals surface area contributed by atoms with E-state index in [0.29, 0.717) is 10.8 Å². The zero-order chi connectivity index (χ0) is 27.2. The summed E-state index contributed by atoms with van der Waals surface area (Å²) in [4.78, 5) is 16.9. The van der Waals surface area contributed by atoms with Crippen LogP contribution in [0.25, 0.3) is 5.82 Å². The quantitative estimate of drug-likeness (QED) is 0.298. The minimum absolute atomic E-state index is 0.110. The highest BCUT2D eigenvalue weighted by atomic mass is 35.5. The van der Waals surface area contributed by atoms with Gasteiger partial charge in [0.25, 0.3) is 0 Å². The SMILES string of the molecule is CC(C)(C)[S+]([O-])N=C1c2cccn2CC12CCN(c1cnc(Sc3ccnc(-n4cccn4)c3Cl)cn1)CC2. The van der Waals surface area contributed by atoms with E-state index in [1.807, 2.05) is 51.4 Å².